The first-order chi connectivity index (χ1) is 8.16. The maximum Gasteiger partial charge on any atom is 0.138 e. The molecule has 0 amide bonds. The van der Waals surface area contributed by atoms with Crippen molar-refractivity contribution in [3.63, 3.8) is 0 Å². The molecule has 0 saturated carbocycles. The molecule has 1 N–H and O–H groups in total. The van der Waals surface area contributed by atoms with Gasteiger partial charge in [0.2, 0.25) is 0 Å². The Morgan fingerprint density at radius 1 is 1.18 bits per heavy atom. The van der Waals surface area contributed by atoms with Crippen LogP contribution in [0.15, 0.2) is 51.9 Å². The number of aryl methyl sites for hydroxylation is 1. The molecule has 17 heavy (non-hydrogen) atoms. The van der Waals surface area contributed by atoms with Crippen LogP contribution in [0.1, 0.15) is 11.1 Å². The number of rotatable bonds is 2. The zero-order chi connectivity index (χ0) is 12.3. The first kappa shape index (κ1) is 11.9. The minimum Gasteiger partial charge on any atom is -0.506 e. The topological polar surface area (TPSA) is 32.6 Å². The molecule has 0 aliphatic rings. The maximum atomic E-state index is 9.86. The summed E-state index contributed by atoms with van der Waals surface area (Å²) in [5.74, 6) is 0.218. The van der Waals surface area contributed by atoms with Crippen LogP contribution in [0.5, 0.6) is 5.75 Å². The van der Waals surface area contributed by atoms with Gasteiger partial charge in [-0.3, -0.25) is 4.99 Å². The number of phenols is 1. The SMILES string of the molecule is Cc1cc(Br)c(O)c(C=Nc2ccccc2)c1. The molecule has 0 bridgehead atoms. The molecule has 0 heterocycles. The van der Waals surface area contributed by atoms with E-state index in [0.29, 0.717) is 10.0 Å². The maximum absolute atomic E-state index is 9.86. The third kappa shape index (κ3) is 2.94. The lowest BCUT2D eigenvalue weighted by atomic mass is 10.1. The van der Waals surface area contributed by atoms with Crippen molar-refractivity contribution in [2.75, 3.05) is 0 Å². The van der Waals surface area contributed by atoms with Gasteiger partial charge < -0.3 is 5.11 Å². The highest BCUT2D eigenvalue weighted by Crippen LogP contribution is 2.28. The molecule has 0 radical (unpaired) electrons. The van der Waals surface area contributed by atoms with Crippen molar-refractivity contribution in [2.45, 2.75) is 6.92 Å². The number of aliphatic imine (C=N–C) groups is 1. The molecule has 2 nitrogen and oxygen atoms in total. The smallest absolute Gasteiger partial charge is 0.138 e. The molecule has 0 fully saturated rings. The van der Waals surface area contributed by atoms with Gasteiger partial charge in [0.25, 0.3) is 0 Å². The zero-order valence-electron chi connectivity index (χ0n) is 9.39. The van der Waals surface area contributed by atoms with Crippen molar-refractivity contribution in [3.8, 4) is 5.75 Å². The lowest BCUT2D eigenvalue weighted by Crippen LogP contribution is -1.85. The highest BCUT2D eigenvalue weighted by atomic mass is 79.9. The van der Waals surface area contributed by atoms with E-state index in [0.717, 1.165) is 11.3 Å². The first-order valence-corrected chi connectivity index (χ1v) is 6.04. The fourth-order valence-electron chi connectivity index (χ4n) is 1.52. The summed E-state index contributed by atoms with van der Waals surface area (Å²) in [6.45, 7) is 1.98. The molecule has 86 valence electrons. The second kappa shape index (κ2) is 5.15. The highest BCUT2D eigenvalue weighted by Gasteiger charge is 2.04. The largest absolute Gasteiger partial charge is 0.506 e. The number of hydrogen-bond acceptors (Lipinski definition) is 2. The van der Waals surface area contributed by atoms with E-state index in [1.165, 1.54) is 0 Å². The minimum atomic E-state index is 0.218. The Kier molecular flexibility index (Phi) is 3.59. The third-order valence-electron chi connectivity index (χ3n) is 2.35. The quantitative estimate of drug-likeness (QED) is 0.825. The summed E-state index contributed by atoms with van der Waals surface area (Å²) in [6.07, 6.45) is 1.67. The minimum absolute atomic E-state index is 0.218. The number of hydrogen-bond donors (Lipinski definition) is 1. The van der Waals surface area contributed by atoms with E-state index in [1.807, 2.05) is 49.4 Å². The van der Waals surface area contributed by atoms with Crippen molar-refractivity contribution in [2.24, 2.45) is 4.99 Å². The molecule has 0 aliphatic carbocycles. The lowest BCUT2D eigenvalue weighted by Gasteiger charge is -2.03. The van der Waals surface area contributed by atoms with Gasteiger partial charge >= 0.3 is 0 Å². The summed E-state index contributed by atoms with van der Waals surface area (Å²) in [5, 5.41) is 9.86. The summed E-state index contributed by atoms with van der Waals surface area (Å²) in [7, 11) is 0. The van der Waals surface area contributed by atoms with Crippen LogP contribution >= 0.6 is 15.9 Å². The molecule has 0 spiro atoms. The van der Waals surface area contributed by atoms with Crippen LogP contribution in [0.25, 0.3) is 0 Å². The van der Waals surface area contributed by atoms with Crippen LogP contribution in [0.3, 0.4) is 0 Å². The predicted molar refractivity (Wildman–Crippen MR) is 74.2 cm³/mol. The van der Waals surface area contributed by atoms with E-state index in [2.05, 4.69) is 20.9 Å². The van der Waals surface area contributed by atoms with Crippen molar-refractivity contribution in [3.05, 3.63) is 58.1 Å². The highest BCUT2D eigenvalue weighted by molar-refractivity contribution is 9.10. The molecule has 0 saturated heterocycles. The fraction of sp³-hybridized carbons (Fsp3) is 0.0714. The fourth-order valence-corrected chi connectivity index (χ4v) is 2.11. The Balaban J connectivity index is 2.33. The lowest BCUT2D eigenvalue weighted by molar-refractivity contribution is 0.471. The molecular formula is C14H12BrNO. The van der Waals surface area contributed by atoms with Gasteiger partial charge in [-0.25, -0.2) is 0 Å². The van der Waals surface area contributed by atoms with Crippen LogP contribution in [0.2, 0.25) is 0 Å². The normalized spacial score (nSPS) is 10.9. The Morgan fingerprint density at radius 2 is 1.88 bits per heavy atom. The Morgan fingerprint density at radius 3 is 2.59 bits per heavy atom. The second-order valence-electron chi connectivity index (χ2n) is 3.78. The molecule has 0 atom stereocenters. The molecule has 0 aromatic heterocycles. The van der Waals surface area contributed by atoms with Gasteiger partial charge in [0.15, 0.2) is 0 Å². The van der Waals surface area contributed by atoms with E-state index >= 15 is 0 Å². The molecule has 2 rings (SSSR count). The summed E-state index contributed by atoms with van der Waals surface area (Å²) >= 11 is 3.31. The number of halogens is 1. The predicted octanol–water partition coefficient (Wildman–Crippen LogP) is 4.21. The number of phenolic OH excluding ortho intramolecular Hbond substituents is 1. The van der Waals surface area contributed by atoms with Crippen molar-refractivity contribution in [1.29, 1.82) is 0 Å². The average Bonchev–Trinajstić information content (AvgIpc) is 2.33. The van der Waals surface area contributed by atoms with E-state index in [9.17, 15) is 5.11 Å². The number of para-hydroxylation sites is 1. The van der Waals surface area contributed by atoms with E-state index in [-0.39, 0.29) is 5.75 Å². The average molecular weight is 290 g/mol. The van der Waals surface area contributed by atoms with E-state index in [4.69, 9.17) is 0 Å². The third-order valence-corrected chi connectivity index (χ3v) is 2.95. The van der Waals surface area contributed by atoms with Crippen LogP contribution < -0.4 is 0 Å². The molecule has 0 aliphatic heterocycles. The monoisotopic (exact) mass is 289 g/mol. The molecule has 2 aromatic rings. The summed E-state index contributed by atoms with van der Waals surface area (Å²) in [5.41, 5.74) is 2.65. The van der Waals surface area contributed by atoms with Gasteiger partial charge in [0.1, 0.15) is 5.75 Å². The zero-order valence-corrected chi connectivity index (χ0v) is 11.0. The van der Waals surface area contributed by atoms with Gasteiger partial charge in [-0.2, -0.15) is 0 Å². The van der Waals surface area contributed by atoms with E-state index in [1.54, 1.807) is 6.21 Å². The van der Waals surface area contributed by atoms with Crippen molar-refractivity contribution in [1.82, 2.24) is 0 Å². The molecule has 0 unspecified atom stereocenters. The second-order valence-corrected chi connectivity index (χ2v) is 4.63. The molecular weight excluding hydrogens is 278 g/mol. The van der Waals surface area contributed by atoms with Gasteiger partial charge in [0, 0.05) is 11.8 Å². The van der Waals surface area contributed by atoms with Crippen LogP contribution in [0, 0.1) is 6.92 Å². The summed E-state index contributed by atoms with van der Waals surface area (Å²) < 4.78 is 0.687. The summed E-state index contributed by atoms with van der Waals surface area (Å²) in [6, 6.07) is 13.4. The van der Waals surface area contributed by atoms with Crippen LogP contribution in [-0.4, -0.2) is 11.3 Å². The molecule has 2 aromatic carbocycles. The van der Waals surface area contributed by atoms with Crippen LogP contribution in [0.4, 0.5) is 5.69 Å². The van der Waals surface area contributed by atoms with Crippen molar-refractivity contribution < 1.29 is 5.11 Å². The Hall–Kier alpha value is -1.61. The Labute approximate surface area is 109 Å². The van der Waals surface area contributed by atoms with Gasteiger partial charge in [0.05, 0.1) is 10.2 Å². The summed E-state index contributed by atoms with van der Waals surface area (Å²) in [4.78, 5) is 4.31. The number of benzene rings is 2. The van der Waals surface area contributed by atoms with Gasteiger partial charge in [-0.05, 0) is 52.7 Å². The van der Waals surface area contributed by atoms with Crippen molar-refractivity contribution >= 4 is 27.8 Å². The standard InChI is InChI=1S/C14H12BrNO/c1-10-7-11(14(17)13(15)8-10)9-16-12-5-3-2-4-6-12/h2-9,17H,1H3. The molecule has 3 heteroatoms. The Bertz CT molecular complexity index is 550. The first-order valence-electron chi connectivity index (χ1n) is 5.25. The van der Waals surface area contributed by atoms with Gasteiger partial charge in [-0.1, -0.05) is 18.2 Å². The van der Waals surface area contributed by atoms with Crippen LogP contribution in [-0.2, 0) is 0 Å². The van der Waals surface area contributed by atoms with Gasteiger partial charge in [-0.15, -0.1) is 0 Å². The number of nitrogens with zero attached hydrogens (tertiary/aromatic N) is 1. The number of aromatic hydroxyl groups is 1. The van der Waals surface area contributed by atoms with E-state index < -0.39 is 0 Å².